The molecule has 0 aliphatic heterocycles. The molecule has 0 aliphatic rings. The summed E-state index contributed by atoms with van der Waals surface area (Å²) >= 11 is 5.80. The number of halogens is 8. The summed E-state index contributed by atoms with van der Waals surface area (Å²) in [6, 6.07) is 0.533. The first kappa shape index (κ1) is 24.1. The van der Waals surface area contributed by atoms with Crippen LogP contribution < -0.4 is 20.8 Å². The quantitative estimate of drug-likeness (QED) is 0.508. The molecule has 0 N–H and O–H groups in total. The van der Waals surface area contributed by atoms with E-state index >= 15 is 0 Å². The SMILES string of the molecule is Cn1nc(C(F)(F)F)nc1Oc1cc(On2c(=O)cc(C(F)(F)F)n(C)c2=O)c(F)cc1Cl. The van der Waals surface area contributed by atoms with Gasteiger partial charge < -0.3 is 9.57 Å². The molecular weight excluding hydrogens is 495 g/mol. The molecule has 0 saturated carbocycles. The molecule has 0 radical (unpaired) electrons. The summed E-state index contributed by atoms with van der Waals surface area (Å²) in [5, 5.41) is 2.62. The number of nitrogens with zero attached hydrogens (tertiary/aromatic N) is 5. The van der Waals surface area contributed by atoms with Crippen LogP contribution in [0.2, 0.25) is 5.02 Å². The lowest BCUT2D eigenvalue weighted by atomic mass is 10.3. The molecule has 0 fully saturated rings. The second-order valence-electron chi connectivity index (χ2n) is 6.25. The summed E-state index contributed by atoms with van der Waals surface area (Å²) in [6.07, 6.45) is -9.94. The number of ether oxygens (including phenoxy) is 1. The van der Waals surface area contributed by atoms with E-state index in [-0.39, 0.29) is 15.4 Å². The van der Waals surface area contributed by atoms with Crippen LogP contribution in [0.3, 0.4) is 0 Å². The topological polar surface area (TPSA) is 93.2 Å². The normalized spacial score (nSPS) is 12.2. The van der Waals surface area contributed by atoms with E-state index in [1.807, 2.05) is 0 Å². The van der Waals surface area contributed by atoms with E-state index < -0.39 is 63.5 Å². The van der Waals surface area contributed by atoms with E-state index in [2.05, 4.69) is 10.1 Å². The van der Waals surface area contributed by atoms with Crippen LogP contribution in [0.4, 0.5) is 30.7 Å². The third kappa shape index (κ3) is 4.79. The van der Waals surface area contributed by atoms with Crippen molar-refractivity contribution in [3.05, 3.63) is 61.4 Å². The van der Waals surface area contributed by atoms with Gasteiger partial charge in [-0.2, -0.15) is 31.3 Å². The minimum atomic E-state index is -5.04. The molecular formula is C16H9ClF7N5O4. The van der Waals surface area contributed by atoms with Crippen molar-refractivity contribution in [1.29, 1.82) is 0 Å². The molecule has 0 saturated heterocycles. The molecule has 0 atom stereocenters. The Morgan fingerprint density at radius 1 is 0.970 bits per heavy atom. The van der Waals surface area contributed by atoms with Crippen LogP contribution in [0.15, 0.2) is 27.8 Å². The van der Waals surface area contributed by atoms with Crippen LogP contribution in [0, 0.1) is 5.82 Å². The highest BCUT2D eigenvalue weighted by atomic mass is 35.5. The summed E-state index contributed by atoms with van der Waals surface area (Å²) in [7, 11) is 1.75. The van der Waals surface area contributed by atoms with Crippen molar-refractivity contribution in [3.63, 3.8) is 0 Å². The van der Waals surface area contributed by atoms with Crippen molar-refractivity contribution < 1.29 is 40.3 Å². The van der Waals surface area contributed by atoms with Gasteiger partial charge in [-0.15, -0.1) is 5.10 Å². The molecule has 0 bridgehead atoms. The van der Waals surface area contributed by atoms with Gasteiger partial charge in [0.05, 0.1) is 5.02 Å². The highest BCUT2D eigenvalue weighted by molar-refractivity contribution is 6.32. The lowest BCUT2D eigenvalue weighted by Gasteiger charge is -2.15. The van der Waals surface area contributed by atoms with Gasteiger partial charge in [-0.1, -0.05) is 16.3 Å². The molecule has 33 heavy (non-hydrogen) atoms. The smallest absolute Gasteiger partial charge is 0.423 e. The standard InChI is InChI=1S/C16H9ClF7N5O4/c1-27-10(15(19,20)21)5-11(30)29(14(27)31)33-9-4-8(6(17)3-7(9)18)32-13-25-12(16(22,23)24)26-28(13)2/h3-5H,1-2H3. The minimum absolute atomic E-state index is 0.0465. The van der Waals surface area contributed by atoms with Gasteiger partial charge in [0.2, 0.25) is 0 Å². The third-order valence-electron chi connectivity index (χ3n) is 3.93. The molecule has 3 aromatic rings. The highest BCUT2D eigenvalue weighted by Crippen LogP contribution is 2.35. The van der Waals surface area contributed by atoms with E-state index in [0.29, 0.717) is 23.9 Å². The summed E-state index contributed by atoms with van der Waals surface area (Å²) in [5.74, 6) is -4.29. The number of hydrogen-bond donors (Lipinski definition) is 0. The van der Waals surface area contributed by atoms with E-state index in [1.54, 1.807) is 0 Å². The molecule has 2 heterocycles. The number of hydrogen-bond acceptors (Lipinski definition) is 6. The Labute approximate surface area is 182 Å². The Balaban J connectivity index is 2.02. The molecule has 0 spiro atoms. The Morgan fingerprint density at radius 3 is 2.15 bits per heavy atom. The van der Waals surface area contributed by atoms with Crippen LogP contribution in [-0.2, 0) is 26.4 Å². The fourth-order valence-electron chi connectivity index (χ4n) is 2.40. The van der Waals surface area contributed by atoms with Gasteiger partial charge in [0, 0.05) is 32.3 Å². The van der Waals surface area contributed by atoms with E-state index in [0.717, 1.165) is 7.05 Å². The Bertz CT molecular complexity index is 1340. The fraction of sp³-hybridized carbons (Fsp3) is 0.250. The average Bonchev–Trinajstić information content (AvgIpc) is 3.05. The molecule has 0 aliphatic carbocycles. The summed E-state index contributed by atoms with van der Waals surface area (Å²) < 4.78 is 96.8. The van der Waals surface area contributed by atoms with Gasteiger partial charge >= 0.3 is 24.1 Å². The van der Waals surface area contributed by atoms with E-state index in [9.17, 15) is 40.3 Å². The molecule has 3 rings (SSSR count). The van der Waals surface area contributed by atoms with E-state index in [4.69, 9.17) is 21.2 Å². The van der Waals surface area contributed by atoms with Crippen molar-refractivity contribution in [3.8, 4) is 17.5 Å². The van der Waals surface area contributed by atoms with Crippen molar-refractivity contribution in [2.75, 3.05) is 0 Å². The van der Waals surface area contributed by atoms with Gasteiger partial charge in [-0.05, 0) is 0 Å². The molecule has 2 aromatic heterocycles. The van der Waals surface area contributed by atoms with Gasteiger partial charge in [0.25, 0.3) is 11.4 Å². The number of aryl methyl sites for hydroxylation is 1. The van der Waals surface area contributed by atoms with Gasteiger partial charge in [-0.3, -0.25) is 9.36 Å². The second kappa shape index (κ2) is 8.09. The van der Waals surface area contributed by atoms with Gasteiger partial charge in [0.15, 0.2) is 17.3 Å². The summed E-state index contributed by atoms with van der Waals surface area (Å²) in [4.78, 5) is 32.1. The third-order valence-corrected chi connectivity index (χ3v) is 4.22. The van der Waals surface area contributed by atoms with Crippen molar-refractivity contribution >= 4 is 11.6 Å². The van der Waals surface area contributed by atoms with E-state index in [1.165, 1.54) is 0 Å². The maximum atomic E-state index is 14.3. The van der Waals surface area contributed by atoms with Crippen molar-refractivity contribution in [2.24, 2.45) is 14.1 Å². The van der Waals surface area contributed by atoms with Crippen LogP contribution in [0.1, 0.15) is 11.5 Å². The molecule has 178 valence electrons. The van der Waals surface area contributed by atoms with Crippen molar-refractivity contribution in [2.45, 2.75) is 12.4 Å². The molecule has 9 nitrogen and oxygen atoms in total. The summed E-state index contributed by atoms with van der Waals surface area (Å²) in [5.41, 5.74) is -4.76. The average molecular weight is 504 g/mol. The predicted molar refractivity (Wildman–Crippen MR) is 94.5 cm³/mol. The first-order valence-corrected chi connectivity index (χ1v) is 8.71. The number of rotatable bonds is 4. The Hall–Kier alpha value is -3.56. The molecule has 0 unspecified atom stereocenters. The van der Waals surface area contributed by atoms with Gasteiger partial charge in [-0.25, -0.2) is 13.9 Å². The largest absolute Gasteiger partial charge is 0.453 e. The number of benzene rings is 1. The highest BCUT2D eigenvalue weighted by Gasteiger charge is 2.37. The number of alkyl halides is 6. The fourth-order valence-corrected chi connectivity index (χ4v) is 2.59. The zero-order valence-corrected chi connectivity index (χ0v) is 16.9. The Morgan fingerprint density at radius 2 is 1.61 bits per heavy atom. The molecule has 1 aromatic carbocycles. The monoisotopic (exact) mass is 503 g/mol. The maximum Gasteiger partial charge on any atom is 0.453 e. The maximum absolute atomic E-state index is 14.3. The van der Waals surface area contributed by atoms with Gasteiger partial charge in [0.1, 0.15) is 5.69 Å². The second-order valence-corrected chi connectivity index (χ2v) is 6.65. The first-order chi connectivity index (χ1) is 15.1. The first-order valence-electron chi connectivity index (χ1n) is 8.33. The zero-order valence-electron chi connectivity index (χ0n) is 16.1. The molecule has 0 amide bonds. The van der Waals surface area contributed by atoms with Crippen LogP contribution >= 0.6 is 11.6 Å². The van der Waals surface area contributed by atoms with Crippen LogP contribution in [0.5, 0.6) is 17.5 Å². The zero-order chi connectivity index (χ0) is 24.9. The summed E-state index contributed by atoms with van der Waals surface area (Å²) in [6.45, 7) is 0. The number of aromatic nitrogens is 5. The van der Waals surface area contributed by atoms with Crippen LogP contribution in [0.25, 0.3) is 0 Å². The lowest BCUT2D eigenvalue weighted by Crippen LogP contribution is -2.44. The molecule has 17 heteroatoms. The predicted octanol–water partition coefficient (Wildman–Crippen LogP) is 3.14. The van der Waals surface area contributed by atoms with Crippen LogP contribution in [-0.4, -0.2) is 24.1 Å². The minimum Gasteiger partial charge on any atom is -0.423 e. The lowest BCUT2D eigenvalue weighted by molar-refractivity contribution is -0.145. The Kier molecular flexibility index (Phi) is 5.91. The van der Waals surface area contributed by atoms with Crippen molar-refractivity contribution in [1.82, 2.24) is 24.1 Å².